The molecule has 0 radical (unpaired) electrons. The highest BCUT2D eigenvalue weighted by molar-refractivity contribution is 6.23. The van der Waals surface area contributed by atoms with Crippen LogP contribution >= 0.6 is 0 Å². The molecule has 3 N–H and O–H groups in total. The van der Waals surface area contributed by atoms with Gasteiger partial charge in [-0.2, -0.15) is 0 Å². The lowest BCUT2D eigenvalue weighted by atomic mass is 10.00. The number of nitrogens with two attached hydrogens (primary N) is 1. The number of amides is 2. The van der Waals surface area contributed by atoms with E-state index in [0.717, 1.165) is 4.90 Å². The number of phenolic OH excluding ortho intramolecular Hbond substituents is 1. The van der Waals surface area contributed by atoms with Crippen molar-refractivity contribution in [2.24, 2.45) is 11.8 Å². The molecule has 0 bridgehead atoms. The van der Waals surface area contributed by atoms with E-state index in [1.807, 2.05) is 0 Å². The quantitative estimate of drug-likeness (QED) is 0.563. The minimum atomic E-state index is -0.337. The molecule has 1 heterocycles. The van der Waals surface area contributed by atoms with Gasteiger partial charge in [0, 0.05) is 17.9 Å². The van der Waals surface area contributed by atoms with Crippen molar-refractivity contribution in [1.82, 2.24) is 0 Å². The monoisotopic (exact) mass is 234 g/mol. The molecule has 0 aliphatic carbocycles. The maximum absolute atomic E-state index is 12.0. The van der Waals surface area contributed by atoms with Crippen molar-refractivity contribution in [2.75, 3.05) is 10.6 Å². The van der Waals surface area contributed by atoms with Crippen LogP contribution in [0.3, 0.4) is 0 Å². The van der Waals surface area contributed by atoms with Crippen LogP contribution in [-0.4, -0.2) is 16.9 Å². The van der Waals surface area contributed by atoms with Crippen molar-refractivity contribution in [1.29, 1.82) is 0 Å². The van der Waals surface area contributed by atoms with E-state index in [4.69, 9.17) is 5.73 Å². The van der Waals surface area contributed by atoms with Crippen LogP contribution in [0.1, 0.15) is 13.8 Å². The SMILES string of the molecule is CC1C(=O)N(c2ccc(O)cc2N)C(=O)C1C. The number of carbonyl (C=O) groups excluding carboxylic acids is 2. The lowest BCUT2D eigenvalue weighted by Crippen LogP contribution is -2.31. The van der Waals surface area contributed by atoms with Crippen LogP contribution in [0.2, 0.25) is 0 Å². The van der Waals surface area contributed by atoms with Gasteiger partial charge in [-0.1, -0.05) is 13.8 Å². The van der Waals surface area contributed by atoms with Crippen molar-refractivity contribution < 1.29 is 14.7 Å². The van der Waals surface area contributed by atoms with Crippen LogP contribution in [0, 0.1) is 11.8 Å². The predicted molar refractivity (Wildman–Crippen MR) is 63.3 cm³/mol. The number of rotatable bonds is 1. The lowest BCUT2D eigenvalue weighted by molar-refractivity contribution is -0.122. The van der Waals surface area contributed by atoms with Crippen LogP contribution in [0.5, 0.6) is 5.75 Å². The molecule has 2 amide bonds. The summed E-state index contributed by atoms with van der Waals surface area (Å²) in [6.07, 6.45) is 0. The van der Waals surface area contributed by atoms with E-state index in [1.165, 1.54) is 18.2 Å². The van der Waals surface area contributed by atoms with Crippen molar-refractivity contribution in [3.63, 3.8) is 0 Å². The molecule has 17 heavy (non-hydrogen) atoms. The molecule has 2 atom stereocenters. The second-order valence-corrected chi connectivity index (χ2v) is 4.33. The Morgan fingerprint density at radius 1 is 1.18 bits per heavy atom. The average molecular weight is 234 g/mol. The van der Waals surface area contributed by atoms with Gasteiger partial charge in [-0.25, -0.2) is 4.90 Å². The Morgan fingerprint density at radius 2 is 1.71 bits per heavy atom. The summed E-state index contributed by atoms with van der Waals surface area (Å²) in [6, 6.07) is 4.20. The van der Waals surface area contributed by atoms with Crippen molar-refractivity contribution >= 4 is 23.2 Å². The van der Waals surface area contributed by atoms with E-state index in [2.05, 4.69) is 0 Å². The highest BCUT2D eigenvalue weighted by Gasteiger charge is 2.43. The highest BCUT2D eigenvalue weighted by atomic mass is 16.3. The van der Waals surface area contributed by atoms with Crippen LogP contribution < -0.4 is 10.6 Å². The van der Waals surface area contributed by atoms with Crippen LogP contribution in [0.15, 0.2) is 18.2 Å². The fourth-order valence-corrected chi connectivity index (χ4v) is 1.93. The van der Waals surface area contributed by atoms with E-state index in [-0.39, 0.29) is 35.1 Å². The van der Waals surface area contributed by atoms with E-state index in [1.54, 1.807) is 13.8 Å². The molecule has 1 saturated heterocycles. The van der Waals surface area contributed by atoms with Gasteiger partial charge in [-0.15, -0.1) is 0 Å². The Hall–Kier alpha value is -2.04. The molecular formula is C12H14N2O3. The van der Waals surface area contributed by atoms with Gasteiger partial charge in [0.15, 0.2) is 0 Å². The summed E-state index contributed by atoms with van der Waals surface area (Å²) >= 11 is 0. The second kappa shape index (κ2) is 3.76. The molecule has 0 aromatic heterocycles. The zero-order valence-electron chi connectivity index (χ0n) is 9.68. The Bertz CT molecular complexity index is 479. The molecule has 0 spiro atoms. The first-order valence-electron chi connectivity index (χ1n) is 5.39. The Labute approximate surface area is 98.8 Å². The highest BCUT2D eigenvalue weighted by Crippen LogP contribution is 2.34. The maximum atomic E-state index is 12.0. The number of imide groups is 1. The zero-order chi connectivity index (χ0) is 12.7. The lowest BCUT2D eigenvalue weighted by Gasteiger charge is -2.16. The number of carbonyl (C=O) groups is 2. The number of hydrogen-bond acceptors (Lipinski definition) is 4. The summed E-state index contributed by atoms with van der Waals surface area (Å²) in [6.45, 7) is 3.45. The van der Waals surface area contributed by atoms with Gasteiger partial charge < -0.3 is 10.8 Å². The molecular weight excluding hydrogens is 220 g/mol. The largest absolute Gasteiger partial charge is 0.508 e. The van der Waals surface area contributed by atoms with Gasteiger partial charge in [-0.05, 0) is 12.1 Å². The summed E-state index contributed by atoms with van der Waals surface area (Å²) < 4.78 is 0. The van der Waals surface area contributed by atoms with Crippen molar-refractivity contribution in [2.45, 2.75) is 13.8 Å². The minimum Gasteiger partial charge on any atom is -0.508 e. The molecule has 1 aliphatic rings. The summed E-state index contributed by atoms with van der Waals surface area (Å²) in [4.78, 5) is 25.0. The van der Waals surface area contributed by atoms with E-state index >= 15 is 0 Å². The summed E-state index contributed by atoms with van der Waals surface area (Å²) in [5, 5.41) is 9.25. The summed E-state index contributed by atoms with van der Waals surface area (Å²) in [5.74, 6) is -1.17. The number of nitrogen functional groups attached to an aromatic ring is 1. The Morgan fingerprint density at radius 3 is 2.18 bits per heavy atom. The summed E-state index contributed by atoms with van der Waals surface area (Å²) in [7, 11) is 0. The van der Waals surface area contributed by atoms with Crippen molar-refractivity contribution in [3.8, 4) is 5.75 Å². The predicted octanol–water partition coefficient (Wildman–Crippen LogP) is 1.12. The van der Waals surface area contributed by atoms with Gasteiger partial charge in [0.05, 0.1) is 11.4 Å². The first-order chi connectivity index (χ1) is 7.93. The fraction of sp³-hybridized carbons (Fsp3) is 0.333. The molecule has 5 heteroatoms. The topological polar surface area (TPSA) is 83.6 Å². The van der Waals surface area contributed by atoms with Crippen LogP contribution in [-0.2, 0) is 9.59 Å². The Kier molecular flexibility index (Phi) is 2.53. The van der Waals surface area contributed by atoms with Gasteiger partial charge in [0.1, 0.15) is 5.75 Å². The van der Waals surface area contributed by atoms with Gasteiger partial charge >= 0.3 is 0 Å². The van der Waals surface area contributed by atoms with Crippen LogP contribution in [0.4, 0.5) is 11.4 Å². The summed E-state index contributed by atoms with van der Waals surface area (Å²) in [5.41, 5.74) is 6.27. The second-order valence-electron chi connectivity index (χ2n) is 4.33. The first-order valence-corrected chi connectivity index (χ1v) is 5.39. The molecule has 2 rings (SSSR count). The number of anilines is 2. The van der Waals surface area contributed by atoms with Gasteiger partial charge in [0.2, 0.25) is 11.8 Å². The molecule has 1 aliphatic heterocycles. The molecule has 1 aromatic carbocycles. The third-order valence-corrected chi connectivity index (χ3v) is 3.22. The van der Waals surface area contributed by atoms with Crippen LogP contribution in [0.25, 0.3) is 0 Å². The van der Waals surface area contributed by atoms with Gasteiger partial charge in [0.25, 0.3) is 0 Å². The Balaban J connectivity index is 2.47. The minimum absolute atomic E-state index is 0.00596. The normalized spacial score (nSPS) is 24.5. The average Bonchev–Trinajstić information content (AvgIpc) is 2.45. The van der Waals surface area contributed by atoms with E-state index < -0.39 is 0 Å². The molecule has 1 aromatic rings. The fourth-order valence-electron chi connectivity index (χ4n) is 1.93. The first kappa shape index (κ1) is 11.4. The van der Waals surface area contributed by atoms with E-state index in [0.29, 0.717) is 5.69 Å². The standard InChI is InChI=1S/C12H14N2O3/c1-6-7(2)12(17)14(11(6)16)10-4-3-8(15)5-9(10)13/h3-7,15H,13H2,1-2H3. The smallest absolute Gasteiger partial charge is 0.237 e. The molecule has 5 nitrogen and oxygen atoms in total. The number of benzene rings is 1. The van der Waals surface area contributed by atoms with E-state index in [9.17, 15) is 14.7 Å². The zero-order valence-corrected chi connectivity index (χ0v) is 9.68. The molecule has 1 fully saturated rings. The third-order valence-electron chi connectivity index (χ3n) is 3.22. The number of hydrogen-bond donors (Lipinski definition) is 2. The molecule has 0 saturated carbocycles. The van der Waals surface area contributed by atoms with Gasteiger partial charge in [-0.3, -0.25) is 9.59 Å². The number of nitrogens with zero attached hydrogens (tertiary/aromatic N) is 1. The maximum Gasteiger partial charge on any atom is 0.237 e. The van der Waals surface area contributed by atoms with Crippen molar-refractivity contribution in [3.05, 3.63) is 18.2 Å². The number of aromatic hydroxyl groups is 1. The molecule has 90 valence electrons. The third kappa shape index (κ3) is 1.63. The number of phenols is 1. The molecule has 2 unspecified atom stereocenters.